The van der Waals surface area contributed by atoms with Crippen molar-refractivity contribution in [1.82, 2.24) is 10.2 Å². The van der Waals surface area contributed by atoms with Gasteiger partial charge in [-0.2, -0.15) is 0 Å². The lowest BCUT2D eigenvalue weighted by Gasteiger charge is -2.22. The first-order valence-electron chi connectivity index (χ1n) is 7.43. The minimum atomic E-state index is 0.147. The lowest BCUT2D eigenvalue weighted by atomic mass is 10.1. The summed E-state index contributed by atoms with van der Waals surface area (Å²) in [5.41, 5.74) is 2.81. The van der Waals surface area contributed by atoms with Gasteiger partial charge < -0.3 is 5.32 Å². The largest absolute Gasteiger partial charge is 0.308 e. The highest BCUT2D eigenvalue weighted by atomic mass is 15.1. The molecule has 0 aliphatic heterocycles. The fourth-order valence-corrected chi connectivity index (χ4v) is 2.12. The van der Waals surface area contributed by atoms with E-state index in [1.54, 1.807) is 0 Å². The van der Waals surface area contributed by atoms with Gasteiger partial charge in [0.25, 0.3) is 0 Å². The highest BCUT2D eigenvalue weighted by molar-refractivity contribution is 5.23. The number of hydrogen-bond acceptors (Lipinski definition) is 2. The van der Waals surface area contributed by atoms with Crippen LogP contribution in [0.4, 0.5) is 0 Å². The molecule has 0 atom stereocenters. The van der Waals surface area contributed by atoms with E-state index in [4.69, 9.17) is 6.42 Å². The molecule has 0 heterocycles. The summed E-state index contributed by atoms with van der Waals surface area (Å²) in [7, 11) is 0. The van der Waals surface area contributed by atoms with Crippen LogP contribution in [-0.2, 0) is 13.1 Å². The molecule has 1 N–H and O–H groups in total. The topological polar surface area (TPSA) is 15.3 Å². The third kappa shape index (κ3) is 6.75. The van der Waals surface area contributed by atoms with E-state index >= 15 is 0 Å². The van der Waals surface area contributed by atoms with E-state index < -0.39 is 0 Å². The van der Waals surface area contributed by atoms with E-state index in [1.165, 1.54) is 11.1 Å². The van der Waals surface area contributed by atoms with Crippen LogP contribution < -0.4 is 5.32 Å². The van der Waals surface area contributed by atoms with Crippen molar-refractivity contribution in [2.24, 2.45) is 0 Å². The van der Waals surface area contributed by atoms with Crippen LogP contribution in [0, 0.1) is 12.3 Å². The van der Waals surface area contributed by atoms with E-state index in [0.29, 0.717) is 0 Å². The molecule has 0 fully saturated rings. The van der Waals surface area contributed by atoms with Crippen LogP contribution in [0.15, 0.2) is 24.3 Å². The molecule has 0 spiro atoms. The molecule has 1 aromatic rings. The average molecular weight is 272 g/mol. The van der Waals surface area contributed by atoms with Gasteiger partial charge in [0.05, 0.1) is 6.54 Å². The van der Waals surface area contributed by atoms with Gasteiger partial charge in [0, 0.05) is 18.6 Å². The van der Waals surface area contributed by atoms with Crippen molar-refractivity contribution in [2.75, 3.05) is 13.1 Å². The molecule has 0 unspecified atom stereocenters. The highest BCUT2D eigenvalue weighted by Crippen LogP contribution is 2.10. The first-order valence-corrected chi connectivity index (χ1v) is 7.43. The second-order valence-corrected chi connectivity index (χ2v) is 6.34. The van der Waals surface area contributed by atoms with Gasteiger partial charge in [0.1, 0.15) is 0 Å². The summed E-state index contributed by atoms with van der Waals surface area (Å²) in [6.45, 7) is 12.4. The van der Waals surface area contributed by atoms with E-state index in [2.05, 4.69) is 68.1 Å². The molecular weight excluding hydrogens is 244 g/mol. The van der Waals surface area contributed by atoms with Crippen LogP contribution in [0.2, 0.25) is 0 Å². The summed E-state index contributed by atoms with van der Waals surface area (Å²) in [5.74, 6) is 2.75. The molecule has 0 aliphatic carbocycles. The Morgan fingerprint density at radius 3 is 2.55 bits per heavy atom. The molecule has 1 rings (SSSR count). The second-order valence-electron chi connectivity index (χ2n) is 6.34. The van der Waals surface area contributed by atoms with Crippen LogP contribution in [0.3, 0.4) is 0 Å². The molecule has 2 heteroatoms. The van der Waals surface area contributed by atoms with E-state index in [-0.39, 0.29) is 5.54 Å². The number of nitrogens with zero attached hydrogens (tertiary/aromatic N) is 1. The number of hydrogen-bond donors (Lipinski definition) is 1. The van der Waals surface area contributed by atoms with E-state index in [1.807, 2.05) is 0 Å². The number of rotatable bonds is 7. The van der Waals surface area contributed by atoms with Crippen LogP contribution in [0.5, 0.6) is 0 Å². The van der Waals surface area contributed by atoms with Crippen LogP contribution in [-0.4, -0.2) is 23.5 Å². The molecule has 1 aromatic carbocycles. The number of benzene rings is 1. The molecule has 2 nitrogen and oxygen atoms in total. The first-order chi connectivity index (χ1) is 9.44. The van der Waals surface area contributed by atoms with Crippen molar-refractivity contribution in [3.05, 3.63) is 35.4 Å². The fraction of sp³-hybridized carbons (Fsp3) is 0.556. The summed E-state index contributed by atoms with van der Waals surface area (Å²) >= 11 is 0. The lowest BCUT2D eigenvalue weighted by molar-refractivity contribution is 0.299. The number of nitrogens with one attached hydrogen (secondary N) is 1. The highest BCUT2D eigenvalue weighted by Gasteiger charge is 2.09. The Labute approximate surface area is 124 Å². The van der Waals surface area contributed by atoms with Gasteiger partial charge in [0.2, 0.25) is 0 Å². The van der Waals surface area contributed by atoms with Crippen LogP contribution >= 0.6 is 0 Å². The molecule has 0 radical (unpaired) electrons. The van der Waals surface area contributed by atoms with Gasteiger partial charge in [0.15, 0.2) is 0 Å². The quantitative estimate of drug-likeness (QED) is 0.765. The standard InChI is InChI=1S/C18H28N2/c1-6-11-20(12-7-2)15-17-10-8-9-16(13-17)14-19-18(3,4)5/h1,8-10,13,19H,7,11-12,14-15H2,2-5H3. The summed E-state index contributed by atoms with van der Waals surface area (Å²) in [5, 5.41) is 3.52. The Morgan fingerprint density at radius 2 is 1.95 bits per heavy atom. The Kier molecular flexibility index (Phi) is 6.78. The van der Waals surface area contributed by atoms with Gasteiger partial charge in [-0.25, -0.2) is 0 Å². The Bertz CT molecular complexity index is 437. The molecule has 20 heavy (non-hydrogen) atoms. The smallest absolute Gasteiger partial charge is 0.0601 e. The normalized spacial score (nSPS) is 11.6. The zero-order valence-corrected chi connectivity index (χ0v) is 13.4. The Balaban J connectivity index is 2.65. The van der Waals surface area contributed by atoms with Gasteiger partial charge >= 0.3 is 0 Å². The predicted octanol–water partition coefficient (Wildman–Crippen LogP) is 3.42. The van der Waals surface area contributed by atoms with E-state index in [0.717, 1.165) is 32.6 Å². The van der Waals surface area contributed by atoms with Crippen molar-refractivity contribution in [3.63, 3.8) is 0 Å². The zero-order chi connectivity index (χ0) is 15.0. The Morgan fingerprint density at radius 1 is 1.25 bits per heavy atom. The predicted molar refractivity (Wildman–Crippen MR) is 87.4 cm³/mol. The van der Waals surface area contributed by atoms with Gasteiger partial charge in [-0.05, 0) is 44.9 Å². The summed E-state index contributed by atoms with van der Waals surface area (Å²) in [6.07, 6.45) is 6.57. The zero-order valence-electron chi connectivity index (χ0n) is 13.4. The molecular formula is C18H28N2. The van der Waals surface area contributed by atoms with E-state index in [9.17, 15) is 0 Å². The molecule has 110 valence electrons. The van der Waals surface area contributed by atoms with Gasteiger partial charge in [-0.15, -0.1) is 6.42 Å². The third-order valence-electron chi connectivity index (χ3n) is 3.08. The molecule has 0 saturated heterocycles. The Hall–Kier alpha value is -1.30. The monoisotopic (exact) mass is 272 g/mol. The molecule has 0 bridgehead atoms. The minimum absolute atomic E-state index is 0.147. The maximum Gasteiger partial charge on any atom is 0.0601 e. The van der Waals surface area contributed by atoms with Crippen molar-refractivity contribution in [3.8, 4) is 12.3 Å². The summed E-state index contributed by atoms with van der Waals surface area (Å²) in [6, 6.07) is 8.76. The van der Waals surface area contributed by atoms with Gasteiger partial charge in [-0.1, -0.05) is 37.1 Å². The molecule has 0 amide bonds. The maximum absolute atomic E-state index is 5.44. The number of terminal acetylenes is 1. The second kappa shape index (κ2) is 8.09. The molecule has 0 aliphatic rings. The first kappa shape index (κ1) is 16.8. The third-order valence-corrected chi connectivity index (χ3v) is 3.08. The van der Waals surface area contributed by atoms with Crippen molar-refractivity contribution >= 4 is 0 Å². The minimum Gasteiger partial charge on any atom is -0.308 e. The van der Waals surface area contributed by atoms with Crippen molar-refractivity contribution in [2.45, 2.75) is 52.7 Å². The van der Waals surface area contributed by atoms with Crippen LogP contribution in [0.25, 0.3) is 0 Å². The summed E-state index contributed by atoms with van der Waals surface area (Å²) < 4.78 is 0. The molecule has 0 aromatic heterocycles. The lowest BCUT2D eigenvalue weighted by Crippen LogP contribution is -2.35. The van der Waals surface area contributed by atoms with Gasteiger partial charge in [-0.3, -0.25) is 4.90 Å². The molecule has 0 saturated carbocycles. The van der Waals surface area contributed by atoms with Crippen molar-refractivity contribution in [1.29, 1.82) is 0 Å². The maximum atomic E-state index is 5.44. The summed E-state index contributed by atoms with van der Waals surface area (Å²) in [4.78, 5) is 2.32. The fourth-order valence-electron chi connectivity index (χ4n) is 2.12. The average Bonchev–Trinajstić information content (AvgIpc) is 2.37. The van der Waals surface area contributed by atoms with Crippen LogP contribution in [0.1, 0.15) is 45.2 Å². The SMILES string of the molecule is C#CCN(CCC)Cc1cccc(CNC(C)(C)C)c1. The van der Waals surface area contributed by atoms with Crippen molar-refractivity contribution < 1.29 is 0 Å².